The molecule has 4 heteroatoms. The van der Waals surface area contributed by atoms with Crippen LogP contribution in [0.15, 0.2) is 12.2 Å². The molecular formula is C12H21NO3. The molecule has 0 heterocycles. The van der Waals surface area contributed by atoms with E-state index in [4.69, 9.17) is 4.74 Å². The Morgan fingerprint density at radius 1 is 1.12 bits per heavy atom. The number of ether oxygens (including phenoxy) is 1. The van der Waals surface area contributed by atoms with Crippen LogP contribution in [0.4, 0.5) is 0 Å². The van der Waals surface area contributed by atoms with Gasteiger partial charge in [0.2, 0.25) is 5.91 Å². The molecule has 0 spiro atoms. The van der Waals surface area contributed by atoms with Gasteiger partial charge in [-0.1, -0.05) is 13.0 Å². The van der Waals surface area contributed by atoms with E-state index in [0.29, 0.717) is 18.7 Å². The zero-order chi connectivity index (χ0) is 12.4. The minimum absolute atomic E-state index is 0.0834. The highest BCUT2D eigenvalue weighted by atomic mass is 16.5. The highest BCUT2D eigenvalue weighted by Gasteiger charge is 1.99. The van der Waals surface area contributed by atoms with Crippen LogP contribution in [0.1, 0.15) is 39.5 Å². The fourth-order valence-corrected chi connectivity index (χ4v) is 1.15. The lowest BCUT2D eigenvalue weighted by Gasteiger charge is -2.04. The van der Waals surface area contributed by atoms with Crippen LogP contribution in [0.5, 0.6) is 0 Å². The van der Waals surface area contributed by atoms with Gasteiger partial charge in [-0.2, -0.15) is 0 Å². The summed E-state index contributed by atoms with van der Waals surface area (Å²) in [5, 5.41) is 2.77. The topological polar surface area (TPSA) is 55.4 Å². The SMILES string of the molecule is C=C(C)C(=O)NCCCCCCOC(C)=O. The summed E-state index contributed by atoms with van der Waals surface area (Å²) < 4.78 is 4.80. The number of carbonyl (C=O) groups excluding carboxylic acids is 2. The van der Waals surface area contributed by atoms with Crippen molar-refractivity contribution < 1.29 is 14.3 Å². The first-order chi connectivity index (χ1) is 7.54. The van der Waals surface area contributed by atoms with Crippen LogP contribution in [0.3, 0.4) is 0 Å². The van der Waals surface area contributed by atoms with Gasteiger partial charge in [0.25, 0.3) is 0 Å². The minimum Gasteiger partial charge on any atom is -0.466 e. The van der Waals surface area contributed by atoms with Gasteiger partial charge < -0.3 is 10.1 Å². The molecule has 0 fully saturated rings. The Balaban J connectivity index is 3.19. The average molecular weight is 227 g/mol. The van der Waals surface area contributed by atoms with Gasteiger partial charge in [0.1, 0.15) is 0 Å². The van der Waals surface area contributed by atoms with Crippen molar-refractivity contribution in [2.24, 2.45) is 0 Å². The number of hydrogen-bond donors (Lipinski definition) is 1. The number of carbonyl (C=O) groups is 2. The monoisotopic (exact) mass is 227 g/mol. The number of rotatable bonds is 8. The minimum atomic E-state index is -0.228. The first-order valence-corrected chi connectivity index (χ1v) is 5.61. The van der Waals surface area contributed by atoms with Crippen LogP contribution in [0.2, 0.25) is 0 Å². The Bertz CT molecular complexity index is 249. The molecule has 0 atom stereocenters. The van der Waals surface area contributed by atoms with Crippen molar-refractivity contribution in [3.8, 4) is 0 Å². The van der Waals surface area contributed by atoms with Gasteiger partial charge in [-0.15, -0.1) is 0 Å². The van der Waals surface area contributed by atoms with Crippen LogP contribution in [0, 0.1) is 0 Å². The first kappa shape index (κ1) is 14.7. The maximum Gasteiger partial charge on any atom is 0.302 e. The van der Waals surface area contributed by atoms with Crippen LogP contribution in [0.25, 0.3) is 0 Å². The number of amides is 1. The molecule has 0 saturated carbocycles. The molecule has 0 aliphatic heterocycles. The quantitative estimate of drug-likeness (QED) is 0.391. The Kier molecular flexibility index (Phi) is 8.21. The Hall–Kier alpha value is -1.32. The van der Waals surface area contributed by atoms with Gasteiger partial charge in [-0.05, 0) is 26.2 Å². The second-order valence-corrected chi connectivity index (χ2v) is 3.79. The van der Waals surface area contributed by atoms with Crippen molar-refractivity contribution in [3.63, 3.8) is 0 Å². The summed E-state index contributed by atoms with van der Waals surface area (Å²) >= 11 is 0. The largest absolute Gasteiger partial charge is 0.466 e. The summed E-state index contributed by atoms with van der Waals surface area (Å²) in [7, 11) is 0. The fourth-order valence-electron chi connectivity index (χ4n) is 1.15. The summed E-state index contributed by atoms with van der Waals surface area (Å²) in [6.45, 7) is 7.82. The third kappa shape index (κ3) is 9.24. The lowest BCUT2D eigenvalue weighted by molar-refractivity contribution is -0.141. The van der Waals surface area contributed by atoms with E-state index in [1.807, 2.05) is 0 Å². The van der Waals surface area contributed by atoms with Crippen LogP contribution in [-0.2, 0) is 14.3 Å². The molecule has 0 aliphatic rings. The van der Waals surface area contributed by atoms with Crippen molar-refractivity contribution in [1.29, 1.82) is 0 Å². The fraction of sp³-hybridized carbons (Fsp3) is 0.667. The lowest BCUT2D eigenvalue weighted by atomic mass is 10.2. The van der Waals surface area contributed by atoms with Crippen molar-refractivity contribution in [2.45, 2.75) is 39.5 Å². The lowest BCUT2D eigenvalue weighted by Crippen LogP contribution is -2.24. The molecule has 1 N–H and O–H groups in total. The molecule has 16 heavy (non-hydrogen) atoms. The van der Waals surface area contributed by atoms with E-state index >= 15 is 0 Å². The summed E-state index contributed by atoms with van der Waals surface area (Å²) in [5.41, 5.74) is 0.537. The van der Waals surface area contributed by atoms with Gasteiger partial charge in [-0.3, -0.25) is 9.59 Å². The molecular weight excluding hydrogens is 206 g/mol. The van der Waals surface area contributed by atoms with E-state index in [9.17, 15) is 9.59 Å². The summed E-state index contributed by atoms with van der Waals surface area (Å²) in [6.07, 6.45) is 3.86. The first-order valence-electron chi connectivity index (χ1n) is 5.61. The average Bonchev–Trinajstić information content (AvgIpc) is 2.21. The third-order valence-electron chi connectivity index (χ3n) is 2.05. The zero-order valence-electron chi connectivity index (χ0n) is 10.2. The molecule has 0 unspecified atom stereocenters. The van der Waals surface area contributed by atoms with Gasteiger partial charge in [0.15, 0.2) is 0 Å². The summed E-state index contributed by atoms with van der Waals surface area (Å²) in [6, 6.07) is 0. The maximum atomic E-state index is 11.1. The number of nitrogens with one attached hydrogen (secondary N) is 1. The summed E-state index contributed by atoms with van der Waals surface area (Å²) in [5.74, 6) is -0.311. The molecule has 4 nitrogen and oxygen atoms in total. The van der Waals surface area contributed by atoms with E-state index in [1.165, 1.54) is 6.92 Å². The second kappa shape index (κ2) is 8.95. The predicted molar refractivity (Wildman–Crippen MR) is 62.9 cm³/mol. The standard InChI is InChI=1S/C12H21NO3/c1-10(2)12(15)13-8-6-4-5-7-9-16-11(3)14/h1,4-9H2,2-3H3,(H,13,15). The molecule has 0 aromatic heterocycles. The molecule has 92 valence electrons. The van der Waals surface area contributed by atoms with E-state index in [0.717, 1.165) is 25.7 Å². The smallest absolute Gasteiger partial charge is 0.302 e. The van der Waals surface area contributed by atoms with Crippen LogP contribution >= 0.6 is 0 Å². The van der Waals surface area contributed by atoms with E-state index in [-0.39, 0.29) is 11.9 Å². The number of unbranched alkanes of at least 4 members (excludes halogenated alkanes) is 3. The molecule has 0 aromatic carbocycles. The van der Waals surface area contributed by atoms with Crippen LogP contribution < -0.4 is 5.32 Å². The predicted octanol–water partition coefficient (Wildman–Crippen LogP) is 1.80. The molecule has 0 aromatic rings. The van der Waals surface area contributed by atoms with Gasteiger partial charge in [0.05, 0.1) is 6.61 Å². The number of hydrogen-bond acceptors (Lipinski definition) is 3. The zero-order valence-corrected chi connectivity index (χ0v) is 10.2. The third-order valence-corrected chi connectivity index (χ3v) is 2.05. The highest BCUT2D eigenvalue weighted by molar-refractivity contribution is 5.91. The van der Waals surface area contributed by atoms with E-state index in [2.05, 4.69) is 11.9 Å². The van der Waals surface area contributed by atoms with E-state index in [1.54, 1.807) is 6.92 Å². The molecule has 1 amide bonds. The molecule has 0 rings (SSSR count). The van der Waals surface area contributed by atoms with Gasteiger partial charge >= 0.3 is 5.97 Å². The highest BCUT2D eigenvalue weighted by Crippen LogP contribution is 1.99. The molecule has 0 saturated heterocycles. The molecule has 0 radical (unpaired) electrons. The second-order valence-electron chi connectivity index (χ2n) is 3.79. The van der Waals surface area contributed by atoms with Crippen molar-refractivity contribution >= 4 is 11.9 Å². The Morgan fingerprint density at radius 3 is 2.31 bits per heavy atom. The molecule has 0 aliphatic carbocycles. The number of esters is 1. The maximum absolute atomic E-state index is 11.1. The van der Waals surface area contributed by atoms with Crippen molar-refractivity contribution in [3.05, 3.63) is 12.2 Å². The van der Waals surface area contributed by atoms with Gasteiger partial charge in [-0.25, -0.2) is 0 Å². The Morgan fingerprint density at radius 2 is 1.75 bits per heavy atom. The van der Waals surface area contributed by atoms with Crippen LogP contribution in [-0.4, -0.2) is 25.0 Å². The molecule has 0 bridgehead atoms. The van der Waals surface area contributed by atoms with Gasteiger partial charge in [0, 0.05) is 19.0 Å². The summed E-state index contributed by atoms with van der Waals surface area (Å²) in [4.78, 5) is 21.5. The van der Waals surface area contributed by atoms with E-state index < -0.39 is 0 Å². The Labute approximate surface area is 97.1 Å². The van der Waals surface area contributed by atoms with Crippen molar-refractivity contribution in [1.82, 2.24) is 5.32 Å². The normalized spacial score (nSPS) is 9.62. The van der Waals surface area contributed by atoms with Crippen molar-refractivity contribution in [2.75, 3.05) is 13.2 Å².